The minimum absolute atomic E-state index is 0.649. The van der Waals surface area contributed by atoms with Crippen LogP contribution < -0.4 is 4.90 Å². The van der Waals surface area contributed by atoms with Gasteiger partial charge in [0.1, 0.15) is 5.52 Å². The van der Waals surface area contributed by atoms with Crippen molar-refractivity contribution < 1.29 is 4.42 Å². The molecule has 0 aliphatic rings. The monoisotopic (exact) mass is 192 g/mol. The Morgan fingerprint density at radius 3 is 2.36 bits per heavy atom. The van der Waals surface area contributed by atoms with Crippen LogP contribution in [-0.4, -0.2) is 19.1 Å². The summed E-state index contributed by atoms with van der Waals surface area (Å²) in [5, 5.41) is 0. The van der Waals surface area contributed by atoms with Gasteiger partial charge in [0.25, 0.3) is 6.01 Å². The van der Waals surface area contributed by atoms with E-state index in [0.29, 0.717) is 6.01 Å². The van der Waals surface area contributed by atoms with E-state index in [1.54, 1.807) is 0 Å². The second-order valence-electron chi connectivity index (χ2n) is 2.86. The van der Waals surface area contributed by atoms with Gasteiger partial charge in [0.15, 0.2) is 5.58 Å². The number of fused-ring (bicyclic) bond motifs is 1. The van der Waals surface area contributed by atoms with Crippen molar-refractivity contribution in [3.8, 4) is 0 Å². The molecule has 0 bridgehead atoms. The number of hydrogen-bond acceptors (Lipinski definition) is 3. The average molecular weight is 192 g/mol. The van der Waals surface area contributed by atoms with Crippen molar-refractivity contribution in [3.05, 3.63) is 24.3 Å². The Morgan fingerprint density at radius 2 is 1.79 bits per heavy atom. The molecule has 0 saturated heterocycles. The van der Waals surface area contributed by atoms with Crippen molar-refractivity contribution in [2.75, 3.05) is 19.0 Å². The van der Waals surface area contributed by atoms with E-state index in [9.17, 15) is 0 Å². The van der Waals surface area contributed by atoms with Crippen LogP contribution in [0.15, 0.2) is 28.7 Å². The SMILES string of the molecule is CC.CN(C)c1nc2ccccc2o1. The molecule has 0 fully saturated rings. The van der Waals surface area contributed by atoms with Crippen LogP contribution in [0.5, 0.6) is 0 Å². The predicted molar refractivity (Wildman–Crippen MR) is 59.7 cm³/mol. The van der Waals surface area contributed by atoms with Gasteiger partial charge in [-0.15, -0.1) is 0 Å². The largest absolute Gasteiger partial charge is 0.423 e. The van der Waals surface area contributed by atoms with Crippen molar-refractivity contribution in [2.45, 2.75) is 13.8 Å². The standard InChI is InChI=1S/C9H10N2O.C2H6/c1-11(2)9-10-7-5-3-4-6-8(7)12-9;1-2/h3-6H,1-2H3;1-2H3. The summed E-state index contributed by atoms with van der Waals surface area (Å²) in [7, 11) is 3.81. The smallest absolute Gasteiger partial charge is 0.297 e. The van der Waals surface area contributed by atoms with Gasteiger partial charge >= 0.3 is 0 Å². The van der Waals surface area contributed by atoms with Crippen LogP contribution in [-0.2, 0) is 0 Å². The molecule has 0 N–H and O–H groups in total. The third kappa shape index (κ3) is 2.05. The minimum Gasteiger partial charge on any atom is -0.423 e. The highest BCUT2D eigenvalue weighted by atomic mass is 16.4. The van der Waals surface area contributed by atoms with E-state index in [1.165, 1.54) is 0 Å². The molecule has 0 aliphatic carbocycles. The maximum atomic E-state index is 5.44. The molecule has 0 aliphatic heterocycles. The predicted octanol–water partition coefficient (Wildman–Crippen LogP) is 2.92. The summed E-state index contributed by atoms with van der Waals surface area (Å²) < 4.78 is 5.44. The minimum atomic E-state index is 0.649. The Hall–Kier alpha value is -1.51. The molecule has 1 heterocycles. The molecule has 1 aromatic carbocycles. The molecule has 0 spiro atoms. The molecule has 1 aromatic heterocycles. The van der Waals surface area contributed by atoms with Gasteiger partial charge in [-0.1, -0.05) is 26.0 Å². The maximum Gasteiger partial charge on any atom is 0.297 e. The number of anilines is 1. The fraction of sp³-hybridized carbons (Fsp3) is 0.364. The fourth-order valence-corrected chi connectivity index (χ4v) is 1.05. The third-order valence-electron chi connectivity index (χ3n) is 1.67. The van der Waals surface area contributed by atoms with E-state index in [4.69, 9.17) is 4.42 Å². The first kappa shape index (κ1) is 10.6. The van der Waals surface area contributed by atoms with E-state index in [0.717, 1.165) is 11.1 Å². The summed E-state index contributed by atoms with van der Waals surface area (Å²) in [6.07, 6.45) is 0. The molecule has 14 heavy (non-hydrogen) atoms. The number of para-hydroxylation sites is 2. The van der Waals surface area contributed by atoms with Gasteiger partial charge in [-0.05, 0) is 12.1 Å². The molecule has 2 aromatic rings. The van der Waals surface area contributed by atoms with Crippen LogP contribution in [0.1, 0.15) is 13.8 Å². The first-order chi connectivity index (χ1) is 6.77. The molecular formula is C11H16N2O. The van der Waals surface area contributed by atoms with E-state index in [1.807, 2.05) is 57.1 Å². The fourth-order valence-electron chi connectivity index (χ4n) is 1.05. The van der Waals surface area contributed by atoms with E-state index in [2.05, 4.69) is 4.98 Å². The van der Waals surface area contributed by atoms with Gasteiger partial charge in [0.05, 0.1) is 0 Å². The van der Waals surface area contributed by atoms with Crippen LogP contribution in [0.2, 0.25) is 0 Å². The molecule has 0 amide bonds. The van der Waals surface area contributed by atoms with Gasteiger partial charge in [-0.3, -0.25) is 0 Å². The number of rotatable bonds is 1. The Labute approximate surface area is 84.4 Å². The lowest BCUT2D eigenvalue weighted by Crippen LogP contribution is -2.08. The van der Waals surface area contributed by atoms with Gasteiger partial charge < -0.3 is 9.32 Å². The summed E-state index contributed by atoms with van der Waals surface area (Å²) in [6, 6.07) is 8.38. The lowest BCUT2D eigenvalue weighted by atomic mass is 10.3. The van der Waals surface area contributed by atoms with E-state index >= 15 is 0 Å². The van der Waals surface area contributed by atoms with Crippen molar-refractivity contribution in [2.24, 2.45) is 0 Å². The zero-order valence-electron chi connectivity index (χ0n) is 9.11. The molecule has 3 heteroatoms. The van der Waals surface area contributed by atoms with Gasteiger partial charge in [0, 0.05) is 14.1 Å². The van der Waals surface area contributed by atoms with Crippen LogP contribution >= 0.6 is 0 Å². The zero-order chi connectivity index (χ0) is 10.6. The molecule has 0 atom stereocenters. The van der Waals surface area contributed by atoms with Gasteiger partial charge in [-0.25, -0.2) is 0 Å². The number of aromatic nitrogens is 1. The molecule has 0 unspecified atom stereocenters. The van der Waals surface area contributed by atoms with Crippen molar-refractivity contribution in [3.63, 3.8) is 0 Å². The summed E-state index contributed by atoms with van der Waals surface area (Å²) >= 11 is 0. The van der Waals surface area contributed by atoms with Gasteiger partial charge in [-0.2, -0.15) is 4.98 Å². The molecule has 2 rings (SSSR count). The summed E-state index contributed by atoms with van der Waals surface area (Å²) in [4.78, 5) is 6.12. The Morgan fingerprint density at radius 1 is 1.14 bits per heavy atom. The van der Waals surface area contributed by atoms with Crippen molar-refractivity contribution in [1.29, 1.82) is 0 Å². The quantitative estimate of drug-likeness (QED) is 0.695. The first-order valence-electron chi connectivity index (χ1n) is 4.80. The van der Waals surface area contributed by atoms with E-state index < -0.39 is 0 Å². The average Bonchev–Trinajstić information content (AvgIpc) is 2.64. The Kier molecular flexibility index (Phi) is 3.51. The number of nitrogens with zero attached hydrogens (tertiary/aromatic N) is 2. The highest BCUT2D eigenvalue weighted by Crippen LogP contribution is 2.19. The van der Waals surface area contributed by atoms with Crippen LogP contribution in [0.4, 0.5) is 6.01 Å². The van der Waals surface area contributed by atoms with Crippen molar-refractivity contribution in [1.82, 2.24) is 4.98 Å². The highest BCUT2D eigenvalue weighted by Gasteiger charge is 2.04. The summed E-state index contributed by atoms with van der Waals surface area (Å²) in [5.74, 6) is 0. The highest BCUT2D eigenvalue weighted by molar-refractivity contribution is 5.74. The number of benzene rings is 1. The lowest BCUT2D eigenvalue weighted by molar-refractivity contribution is 0.597. The topological polar surface area (TPSA) is 29.3 Å². The summed E-state index contributed by atoms with van der Waals surface area (Å²) in [5.41, 5.74) is 1.74. The number of hydrogen-bond donors (Lipinski definition) is 0. The van der Waals surface area contributed by atoms with E-state index in [-0.39, 0.29) is 0 Å². The molecule has 0 radical (unpaired) electrons. The number of oxazole rings is 1. The molecular weight excluding hydrogens is 176 g/mol. The lowest BCUT2D eigenvalue weighted by Gasteiger charge is -2.03. The Bertz CT molecular complexity index is 360. The van der Waals surface area contributed by atoms with Crippen LogP contribution in [0, 0.1) is 0 Å². The molecule has 3 nitrogen and oxygen atoms in total. The summed E-state index contributed by atoms with van der Waals surface area (Å²) in [6.45, 7) is 4.00. The second-order valence-corrected chi connectivity index (χ2v) is 2.86. The molecule has 0 saturated carbocycles. The second kappa shape index (κ2) is 4.65. The van der Waals surface area contributed by atoms with Crippen LogP contribution in [0.25, 0.3) is 11.1 Å². The maximum absolute atomic E-state index is 5.44. The zero-order valence-corrected chi connectivity index (χ0v) is 9.11. The van der Waals surface area contributed by atoms with Crippen LogP contribution in [0.3, 0.4) is 0 Å². The first-order valence-corrected chi connectivity index (χ1v) is 4.80. The Balaban J connectivity index is 0.000000461. The molecule has 76 valence electrons. The normalized spacial score (nSPS) is 9.43. The third-order valence-corrected chi connectivity index (χ3v) is 1.67. The van der Waals surface area contributed by atoms with Gasteiger partial charge in [0.2, 0.25) is 0 Å². The van der Waals surface area contributed by atoms with Crippen molar-refractivity contribution >= 4 is 17.1 Å².